The van der Waals surface area contributed by atoms with Gasteiger partial charge in [0.2, 0.25) is 11.8 Å². The van der Waals surface area contributed by atoms with E-state index in [-0.39, 0.29) is 17.9 Å². The van der Waals surface area contributed by atoms with Gasteiger partial charge >= 0.3 is 0 Å². The maximum absolute atomic E-state index is 11.9. The van der Waals surface area contributed by atoms with Crippen molar-refractivity contribution in [3.05, 3.63) is 17.5 Å². The van der Waals surface area contributed by atoms with Crippen LogP contribution < -0.4 is 5.32 Å². The van der Waals surface area contributed by atoms with E-state index < -0.39 is 0 Å². The Morgan fingerprint density at radius 3 is 2.84 bits per heavy atom. The van der Waals surface area contributed by atoms with Crippen LogP contribution >= 0.6 is 0 Å². The smallest absolute Gasteiger partial charge is 0.246 e. The van der Waals surface area contributed by atoms with Gasteiger partial charge in [0, 0.05) is 38.8 Å². The van der Waals surface area contributed by atoms with Gasteiger partial charge < -0.3 is 5.32 Å². The van der Waals surface area contributed by atoms with Gasteiger partial charge in [0.15, 0.2) is 0 Å². The van der Waals surface area contributed by atoms with E-state index in [1.807, 2.05) is 13.2 Å². The minimum Gasteiger partial charge on any atom is -0.302 e. The summed E-state index contributed by atoms with van der Waals surface area (Å²) in [5.41, 5.74) is 2.15. The number of amides is 2. The number of carbonyl (C=O) groups excluding carboxylic acids is 2. The largest absolute Gasteiger partial charge is 0.302 e. The van der Waals surface area contributed by atoms with Gasteiger partial charge in [-0.15, -0.1) is 0 Å². The van der Waals surface area contributed by atoms with Crippen molar-refractivity contribution in [3.8, 4) is 0 Å². The zero-order chi connectivity index (χ0) is 14.0. The third kappa shape index (κ3) is 2.84. The molecule has 6 heteroatoms. The monoisotopic (exact) mass is 264 g/mol. The van der Waals surface area contributed by atoms with E-state index >= 15 is 0 Å². The standard InChI is InChI=1S/C13H20N4O2/c1-4-10-9(8-16(2)15-10)7-14-11-5-6-12(18)17(3)13(11)19/h8,11,14H,4-7H2,1-3H3. The van der Waals surface area contributed by atoms with Crippen LogP contribution in [0.4, 0.5) is 0 Å². The van der Waals surface area contributed by atoms with Crippen molar-refractivity contribution >= 4 is 11.8 Å². The molecule has 1 aliphatic rings. The molecule has 1 aromatic rings. The SMILES string of the molecule is CCc1nn(C)cc1CNC1CCC(=O)N(C)C1=O. The Hall–Kier alpha value is -1.69. The van der Waals surface area contributed by atoms with Crippen molar-refractivity contribution in [2.45, 2.75) is 38.8 Å². The molecule has 1 aliphatic heterocycles. The van der Waals surface area contributed by atoms with E-state index in [2.05, 4.69) is 17.3 Å². The number of aryl methyl sites for hydroxylation is 2. The first-order valence-electron chi connectivity index (χ1n) is 6.58. The van der Waals surface area contributed by atoms with Gasteiger partial charge in [0.05, 0.1) is 11.7 Å². The number of nitrogens with zero attached hydrogens (tertiary/aromatic N) is 3. The molecule has 1 saturated heterocycles. The van der Waals surface area contributed by atoms with Crippen LogP contribution in [0.15, 0.2) is 6.20 Å². The fraction of sp³-hybridized carbons (Fsp3) is 0.615. The number of aromatic nitrogens is 2. The second-order valence-corrected chi connectivity index (χ2v) is 4.89. The number of likely N-dealkylation sites (N-methyl/N-ethyl adjacent to an activating group) is 1. The maximum Gasteiger partial charge on any atom is 0.246 e. The molecule has 0 saturated carbocycles. The number of carbonyl (C=O) groups is 2. The molecule has 1 fully saturated rings. The fourth-order valence-corrected chi connectivity index (χ4v) is 2.37. The second-order valence-electron chi connectivity index (χ2n) is 4.89. The first-order valence-corrected chi connectivity index (χ1v) is 6.58. The van der Waals surface area contributed by atoms with Crippen molar-refractivity contribution in [2.24, 2.45) is 7.05 Å². The summed E-state index contributed by atoms with van der Waals surface area (Å²) < 4.78 is 1.79. The number of hydrogen-bond donors (Lipinski definition) is 1. The van der Waals surface area contributed by atoms with Gasteiger partial charge in [0.1, 0.15) is 0 Å². The topological polar surface area (TPSA) is 67.2 Å². The van der Waals surface area contributed by atoms with Crippen molar-refractivity contribution in [2.75, 3.05) is 7.05 Å². The summed E-state index contributed by atoms with van der Waals surface area (Å²) in [6.07, 6.45) is 3.83. The third-order valence-corrected chi connectivity index (χ3v) is 3.52. The molecule has 0 spiro atoms. The van der Waals surface area contributed by atoms with E-state index in [0.29, 0.717) is 19.4 Å². The van der Waals surface area contributed by atoms with Crippen molar-refractivity contribution in [3.63, 3.8) is 0 Å². The molecule has 104 valence electrons. The van der Waals surface area contributed by atoms with Gasteiger partial charge in [-0.1, -0.05) is 6.92 Å². The molecule has 1 atom stereocenters. The van der Waals surface area contributed by atoms with Gasteiger partial charge in [0.25, 0.3) is 0 Å². The highest BCUT2D eigenvalue weighted by Crippen LogP contribution is 2.13. The molecule has 1 unspecified atom stereocenters. The summed E-state index contributed by atoms with van der Waals surface area (Å²) in [7, 11) is 3.43. The zero-order valence-corrected chi connectivity index (χ0v) is 11.6. The van der Waals surface area contributed by atoms with E-state index in [9.17, 15) is 9.59 Å². The molecule has 19 heavy (non-hydrogen) atoms. The lowest BCUT2D eigenvalue weighted by molar-refractivity contribution is -0.148. The average Bonchev–Trinajstić information content (AvgIpc) is 2.75. The first-order chi connectivity index (χ1) is 9.02. The summed E-state index contributed by atoms with van der Waals surface area (Å²) in [6.45, 7) is 2.67. The Kier molecular flexibility index (Phi) is 3.99. The summed E-state index contributed by atoms with van der Waals surface area (Å²) in [5, 5.41) is 7.60. The van der Waals surface area contributed by atoms with Crippen LogP contribution in [0.5, 0.6) is 0 Å². The van der Waals surface area contributed by atoms with Crippen molar-refractivity contribution in [1.82, 2.24) is 20.0 Å². The minimum absolute atomic E-state index is 0.0984. The molecule has 0 radical (unpaired) electrons. The Bertz CT molecular complexity index is 495. The van der Waals surface area contributed by atoms with Crippen LogP contribution in [-0.2, 0) is 29.6 Å². The normalized spacial score (nSPS) is 20.2. The highest BCUT2D eigenvalue weighted by Gasteiger charge is 2.31. The predicted octanol–water partition coefficient (Wildman–Crippen LogP) is 0.219. The van der Waals surface area contributed by atoms with Crippen molar-refractivity contribution < 1.29 is 9.59 Å². The fourth-order valence-electron chi connectivity index (χ4n) is 2.37. The molecule has 2 rings (SSSR count). The van der Waals surface area contributed by atoms with Gasteiger partial charge in [-0.2, -0.15) is 5.10 Å². The highest BCUT2D eigenvalue weighted by molar-refractivity contribution is 6.00. The lowest BCUT2D eigenvalue weighted by Crippen LogP contribution is -2.51. The molecule has 1 N–H and O–H groups in total. The van der Waals surface area contributed by atoms with E-state index in [4.69, 9.17) is 0 Å². The van der Waals surface area contributed by atoms with Crippen LogP contribution in [-0.4, -0.2) is 39.6 Å². The van der Waals surface area contributed by atoms with Crippen LogP contribution in [0, 0.1) is 0 Å². The minimum atomic E-state index is -0.271. The Morgan fingerprint density at radius 1 is 1.42 bits per heavy atom. The lowest BCUT2D eigenvalue weighted by atomic mass is 10.0. The van der Waals surface area contributed by atoms with Crippen LogP contribution in [0.2, 0.25) is 0 Å². The Labute approximate surface area is 112 Å². The van der Waals surface area contributed by atoms with Crippen LogP contribution in [0.1, 0.15) is 31.0 Å². The number of rotatable bonds is 4. The summed E-state index contributed by atoms with van der Waals surface area (Å²) in [5.74, 6) is -0.239. The van der Waals surface area contributed by atoms with Gasteiger partial charge in [-0.3, -0.25) is 19.2 Å². The number of hydrogen-bond acceptors (Lipinski definition) is 4. The van der Waals surface area contributed by atoms with E-state index in [1.54, 1.807) is 11.7 Å². The molecule has 2 amide bonds. The molecular formula is C13H20N4O2. The molecule has 0 aromatic carbocycles. The summed E-state index contributed by atoms with van der Waals surface area (Å²) in [4.78, 5) is 24.5. The number of piperidine rings is 1. The highest BCUT2D eigenvalue weighted by atomic mass is 16.2. The molecule has 0 aliphatic carbocycles. The average molecular weight is 264 g/mol. The molecule has 0 bridgehead atoms. The summed E-state index contributed by atoms with van der Waals surface area (Å²) >= 11 is 0. The zero-order valence-electron chi connectivity index (χ0n) is 11.6. The summed E-state index contributed by atoms with van der Waals surface area (Å²) in [6, 6.07) is -0.271. The lowest BCUT2D eigenvalue weighted by Gasteiger charge is -2.28. The molecular weight excluding hydrogens is 244 g/mol. The van der Waals surface area contributed by atoms with E-state index in [0.717, 1.165) is 17.7 Å². The first kappa shape index (κ1) is 13.7. The third-order valence-electron chi connectivity index (χ3n) is 3.52. The predicted molar refractivity (Wildman–Crippen MR) is 70.2 cm³/mol. The number of likely N-dealkylation sites (tertiary alicyclic amines) is 1. The van der Waals surface area contributed by atoms with Crippen LogP contribution in [0.25, 0.3) is 0 Å². The van der Waals surface area contributed by atoms with Gasteiger partial charge in [-0.25, -0.2) is 0 Å². The Balaban J connectivity index is 1.98. The molecule has 6 nitrogen and oxygen atoms in total. The van der Waals surface area contributed by atoms with Gasteiger partial charge in [-0.05, 0) is 12.8 Å². The number of imide groups is 1. The van der Waals surface area contributed by atoms with Crippen LogP contribution in [0.3, 0.4) is 0 Å². The number of nitrogens with one attached hydrogen (secondary N) is 1. The maximum atomic E-state index is 11.9. The second kappa shape index (κ2) is 5.52. The quantitative estimate of drug-likeness (QED) is 0.790. The molecule has 1 aromatic heterocycles. The molecule has 2 heterocycles. The Morgan fingerprint density at radius 2 is 2.16 bits per heavy atom. The van der Waals surface area contributed by atoms with E-state index in [1.165, 1.54) is 4.90 Å². The van der Waals surface area contributed by atoms with Crippen molar-refractivity contribution in [1.29, 1.82) is 0 Å².